The minimum absolute atomic E-state index is 0.0704. The van der Waals surface area contributed by atoms with Crippen molar-refractivity contribution >= 4 is 17.4 Å². The lowest BCUT2D eigenvalue weighted by molar-refractivity contribution is -0.384. The molecule has 0 saturated carbocycles. The molecule has 0 radical (unpaired) electrons. The van der Waals surface area contributed by atoms with Gasteiger partial charge in [0.2, 0.25) is 5.82 Å². The maximum absolute atomic E-state index is 13.2. The number of benzene rings is 3. The lowest BCUT2D eigenvalue weighted by Crippen LogP contribution is -2.44. The molecule has 0 amide bonds. The Balaban J connectivity index is 1.15. The van der Waals surface area contributed by atoms with Gasteiger partial charge in [-0.2, -0.15) is 4.80 Å². The predicted molar refractivity (Wildman–Crippen MR) is 180 cm³/mol. The number of aryl methyl sites for hydroxylation is 1. The number of dihydropyridines is 1. The molecule has 1 atom stereocenters. The van der Waals surface area contributed by atoms with E-state index >= 15 is 0 Å². The number of nitrogens with one attached hydrogen (secondary N) is 1. The van der Waals surface area contributed by atoms with Gasteiger partial charge < -0.3 is 14.8 Å². The number of hydrogen-bond donors (Lipinski definition) is 1. The van der Waals surface area contributed by atoms with Gasteiger partial charge in [0.15, 0.2) is 0 Å². The molecule has 12 heteroatoms. The summed E-state index contributed by atoms with van der Waals surface area (Å²) in [7, 11) is 0. The summed E-state index contributed by atoms with van der Waals surface area (Å²) < 4.78 is 11.5. The molecular formula is C36H39N7O5. The van der Waals surface area contributed by atoms with Gasteiger partial charge in [-0.05, 0) is 68.6 Å². The Labute approximate surface area is 279 Å². The van der Waals surface area contributed by atoms with Crippen molar-refractivity contribution in [3.63, 3.8) is 0 Å². The smallest absolute Gasteiger partial charge is 0.433 e. The van der Waals surface area contributed by atoms with Crippen molar-refractivity contribution in [3.8, 4) is 0 Å². The summed E-state index contributed by atoms with van der Waals surface area (Å²) in [6, 6.07) is 27.6. The second-order valence-corrected chi connectivity index (χ2v) is 12.1. The second kappa shape index (κ2) is 14.2. The van der Waals surface area contributed by atoms with Crippen LogP contribution in [0.4, 0.5) is 10.5 Å². The van der Waals surface area contributed by atoms with E-state index in [-0.39, 0.29) is 23.5 Å². The summed E-state index contributed by atoms with van der Waals surface area (Å²) in [6.45, 7) is 8.46. The first-order valence-corrected chi connectivity index (χ1v) is 16.2. The molecule has 0 bridgehead atoms. The van der Waals surface area contributed by atoms with Crippen molar-refractivity contribution in [1.82, 2.24) is 30.4 Å². The van der Waals surface area contributed by atoms with Crippen LogP contribution in [0, 0.1) is 10.1 Å². The zero-order valence-electron chi connectivity index (χ0n) is 27.3. The van der Waals surface area contributed by atoms with Crippen LogP contribution in [-0.2, 0) is 21.4 Å². The van der Waals surface area contributed by atoms with Crippen LogP contribution < -0.4 is 5.32 Å². The number of tetrazole rings is 1. The monoisotopic (exact) mass is 649 g/mol. The van der Waals surface area contributed by atoms with E-state index in [1.807, 2.05) is 26.0 Å². The average molecular weight is 650 g/mol. The topological polar surface area (TPSA) is 138 Å². The maximum Gasteiger partial charge on any atom is 0.513 e. The third kappa shape index (κ3) is 6.70. The molecule has 1 fully saturated rings. The molecule has 3 aromatic carbocycles. The largest absolute Gasteiger partial charge is 0.513 e. The Bertz CT molecular complexity index is 1790. The predicted octanol–water partition coefficient (Wildman–Crippen LogP) is 6.19. The third-order valence-electron chi connectivity index (χ3n) is 9.27. The second-order valence-electron chi connectivity index (χ2n) is 12.1. The molecule has 0 spiro atoms. The number of carbonyl (C=O) groups excluding carboxylic acids is 1. The van der Waals surface area contributed by atoms with Gasteiger partial charge in [0.05, 0.1) is 23.1 Å². The van der Waals surface area contributed by atoms with Gasteiger partial charge in [-0.1, -0.05) is 72.8 Å². The highest BCUT2D eigenvalue weighted by atomic mass is 16.7. The van der Waals surface area contributed by atoms with E-state index in [0.717, 1.165) is 25.9 Å². The average Bonchev–Trinajstić information content (AvgIpc) is 3.59. The number of non-ortho nitro benzene ring substituents is 1. The Hall–Kier alpha value is -5.36. The van der Waals surface area contributed by atoms with Gasteiger partial charge in [-0.25, -0.2) is 4.79 Å². The SMILES string of the molecule is CCn1nnc(C2=C(C)NC(C)=C(OC(=O)OCCN3CCC(c4ccccc4)(c4ccccc4)CC3)C2c2cccc([N+](=O)[O-])c2)n1. The summed E-state index contributed by atoms with van der Waals surface area (Å²) >= 11 is 0. The molecule has 2 aliphatic rings. The van der Waals surface area contributed by atoms with E-state index < -0.39 is 17.0 Å². The Morgan fingerprint density at radius 1 is 0.979 bits per heavy atom. The first-order chi connectivity index (χ1) is 23.3. The van der Waals surface area contributed by atoms with Crippen LogP contribution in [0.1, 0.15) is 62.0 Å². The molecular weight excluding hydrogens is 610 g/mol. The number of piperidine rings is 1. The number of allylic oxidation sites excluding steroid dienone is 3. The normalized spacial score (nSPS) is 17.9. The molecule has 1 N–H and O–H groups in total. The fourth-order valence-electron chi connectivity index (χ4n) is 6.82. The highest BCUT2D eigenvalue weighted by Crippen LogP contribution is 2.44. The fourth-order valence-corrected chi connectivity index (χ4v) is 6.82. The first-order valence-electron chi connectivity index (χ1n) is 16.2. The van der Waals surface area contributed by atoms with Crippen LogP contribution in [0.2, 0.25) is 0 Å². The number of hydrogen-bond acceptors (Lipinski definition) is 10. The summed E-state index contributed by atoms with van der Waals surface area (Å²) in [5.74, 6) is -0.144. The molecule has 6 rings (SSSR count). The summed E-state index contributed by atoms with van der Waals surface area (Å²) in [6.07, 6.45) is 1.03. The number of nitro groups is 1. The Morgan fingerprint density at radius 2 is 1.65 bits per heavy atom. The van der Waals surface area contributed by atoms with Gasteiger partial charge in [-0.3, -0.25) is 15.0 Å². The van der Waals surface area contributed by atoms with E-state index in [4.69, 9.17) is 9.47 Å². The van der Waals surface area contributed by atoms with E-state index in [0.29, 0.717) is 41.4 Å². The van der Waals surface area contributed by atoms with Crippen LogP contribution >= 0.6 is 0 Å². The van der Waals surface area contributed by atoms with E-state index in [1.165, 1.54) is 28.1 Å². The van der Waals surface area contributed by atoms with Crippen LogP contribution in [0.3, 0.4) is 0 Å². The molecule has 1 saturated heterocycles. The number of likely N-dealkylation sites (tertiary alicyclic amines) is 1. The minimum Gasteiger partial charge on any atom is -0.433 e. The molecule has 1 unspecified atom stereocenters. The Kier molecular flexibility index (Phi) is 9.62. The maximum atomic E-state index is 13.2. The van der Waals surface area contributed by atoms with Gasteiger partial charge in [0, 0.05) is 35.4 Å². The molecule has 1 aromatic heterocycles. The van der Waals surface area contributed by atoms with Crippen molar-refractivity contribution in [2.45, 2.75) is 51.5 Å². The molecule has 4 aromatic rings. The Morgan fingerprint density at radius 3 is 2.25 bits per heavy atom. The van der Waals surface area contributed by atoms with E-state index in [1.54, 1.807) is 19.1 Å². The summed E-state index contributed by atoms with van der Waals surface area (Å²) in [4.78, 5) is 28.2. The summed E-state index contributed by atoms with van der Waals surface area (Å²) in [5.41, 5.74) is 4.90. The molecule has 248 valence electrons. The zero-order valence-corrected chi connectivity index (χ0v) is 27.3. The number of nitrogens with zero attached hydrogens (tertiary/aromatic N) is 6. The van der Waals surface area contributed by atoms with Crippen LogP contribution in [0.15, 0.2) is 102 Å². The van der Waals surface area contributed by atoms with Gasteiger partial charge in [0.1, 0.15) is 12.4 Å². The molecule has 48 heavy (non-hydrogen) atoms. The lowest BCUT2D eigenvalue weighted by atomic mass is 9.68. The van der Waals surface area contributed by atoms with Crippen molar-refractivity contribution in [1.29, 1.82) is 0 Å². The van der Waals surface area contributed by atoms with Crippen molar-refractivity contribution in [2.24, 2.45) is 0 Å². The molecule has 0 aliphatic carbocycles. The highest BCUT2D eigenvalue weighted by Gasteiger charge is 2.38. The van der Waals surface area contributed by atoms with Crippen molar-refractivity contribution in [2.75, 3.05) is 26.2 Å². The number of aromatic nitrogens is 4. The third-order valence-corrected chi connectivity index (χ3v) is 9.27. The van der Waals surface area contributed by atoms with Gasteiger partial charge in [-0.15, -0.1) is 10.2 Å². The van der Waals surface area contributed by atoms with Gasteiger partial charge >= 0.3 is 6.16 Å². The van der Waals surface area contributed by atoms with Crippen molar-refractivity contribution < 1.29 is 19.2 Å². The van der Waals surface area contributed by atoms with Gasteiger partial charge in [0.25, 0.3) is 5.69 Å². The number of ether oxygens (including phenoxy) is 2. The first kappa shape index (κ1) is 32.6. The number of nitro benzene ring substituents is 1. The zero-order chi connectivity index (χ0) is 33.7. The number of carbonyl (C=O) groups is 1. The molecule has 12 nitrogen and oxygen atoms in total. The minimum atomic E-state index is -0.856. The van der Waals surface area contributed by atoms with Crippen LogP contribution in [0.25, 0.3) is 5.57 Å². The molecule has 2 aliphatic heterocycles. The highest BCUT2D eigenvalue weighted by molar-refractivity contribution is 5.76. The standard InChI is InChI=1S/C36H39N7O5/c1-4-42-39-34(38-40-42)31-25(2)37-26(3)33(32(31)27-12-11-17-30(24-27)43(45)46)48-35(44)47-23-22-41-20-18-36(19-21-41,28-13-7-5-8-14-28)29-15-9-6-10-16-29/h5-17,24,32,37H,4,18-23H2,1-3H3. The number of rotatable bonds is 10. The molecule has 3 heterocycles. The van der Waals surface area contributed by atoms with E-state index in [9.17, 15) is 14.9 Å². The fraction of sp³-hybridized carbons (Fsp3) is 0.333. The lowest BCUT2D eigenvalue weighted by Gasteiger charge is -2.43. The van der Waals surface area contributed by atoms with E-state index in [2.05, 4.69) is 74.2 Å². The quantitative estimate of drug-likeness (QED) is 0.120. The summed E-state index contributed by atoms with van der Waals surface area (Å²) in [5, 5.41) is 27.8. The van der Waals surface area contributed by atoms with Crippen LogP contribution in [0.5, 0.6) is 0 Å². The van der Waals surface area contributed by atoms with Crippen LogP contribution in [-0.4, -0.2) is 62.4 Å². The van der Waals surface area contributed by atoms with Crippen molar-refractivity contribution in [3.05, 3.63) is 135 Å².